The summed E-state index contributed by atoms with van der Waals surface area (Å²) in [6.07, 6.45) is 0. The van der Waals surface area contributed by atoms with E-state index in [1.807, 2.05) is 55.2 Å². The Morgan fingerprint density at radius 3 is 2.35 bits per heavy atom. The molecule has 0 spiro atoms. The molecule has 0 unspecified atom stereocenters. The minimum Gasteiger partial charge on any atom is -0.493 e. The topological polar surface area (TPSA) is 92.3 Å². The highest BCUT2D eigenvalue weighted by molar-refractivity contribution is 5.90. The van der Waals surface area contributed by atoms with Crippen LogP contribution in [0, 0.1) is 5.92 Å². The molecule has 2 aromatic carbocycles. The summed E-state index contributed by atoms with van der Waals surface area (Å²) in [7, 11) is 10.4. The van der Waals surface area contributed by atoms with Crippen molar-refractivity contribution >= 4 is 28.4 Å². The Labute approximate surface area is 200 Å². The third-order valence-electron chi connectivity index (χ3n) is 5.41. The van der Waals surface area contributed by atoms with Crippen molar-refractivity contribution < 1.29 is 14.2 Å². The van der Waals surface area contributed by atoms with Crippen LogP contribution in [0.15, 0.2) is 40.1 Å². The largest absolute Gasteiger partial charge is 0.493 e. The van der Waals surface area contributed by atoms with Crippen LogP contribution in [0.3, 0.4) is 0 Å². The zero-order chi connectivity index (χ0) is 25.0. The minimum absolute atomic E-state index is 0.284. The number of H-pyrrole nitrogens is 1. The number of ether oxygens (including phenoxy) is 3. The number of methoxy groups -OCH3 is 3. The first-order chi connectivity index (χ1) is 16.2. The highest BCUT2D eigenvalue weighted by Gasteiger charge is 2.20. The molecule has 0 fully saturated rings. The summed E-state index contributed by atoms with van der Waals surface area (Å²) in [5.41, 5.74) is 2.05. The van der Waals surface area contributed by atoms with Gasteiger partial charge in [-0.15, -0.1) is 0 Å². The number of rotatable bonds is 8. The van der Waals surface area contributed by atoms with Crippen LogP contribution in [0.2, 0.25) is 0 Å². The van der Waals surface area contributed by atoms with Gasteiger partial charge in [0, 0.05) is 39.7 Å². The highest BCUT2D eigenvalue weighted by Crippen LogP contribution is 2.41. The third kappa shape index (κ3) is 5.08. The fraction of sp³-hybridized carbons (Fsp3) is 0.400. The molecular weight excluding hydrogens is 434 g/mol. The Hall–Kier alpha value is -3.75. The molecule has 182 valence electrons. The van der Waals surface area contributed by atoms with E-state index in [0.29, 0.717) is 40.8 Å². The van der Waals surface area contributed by atoms with Crippen molar-refractivity contribution in [2.75, 3.05) is 47.4 Å². The van der Waals surface area contributed by atoms with Gasteiger partial charge < -0.3 is 29.0 Å². The van der Waals surface area contributed by atoms with E-state index in [-0.39, 0.29) is 5.75 Å². The van der Waals surface area contributed by atoms with E-state index in [0.717, 1.165) is 17.1 Å². The molecule has 0 saturated carbocycles. The average Bonchev–Trinajstić information content (AvgIpc) is 2.80. The predicted octanol–water partition coefficient (Wildman–Crippen LogP) is 3.83. The van der Waals surface area contributed by atoms with Crippen LogP contribution in [-0.2, 0) is 6.54 Å². The van der Waals surface area contributed by atoms with Crippen LogP contribution < -0.4 is 24.7 Å². The lowest BCUT2D eigenvalue weighted by Gasteiger charge is -2.20. The maximum atomic E-state index is 13.0. The fourth-order valence-corrected chi connectivity index (χ4v) is 3.90. The number of aromatic nitrogens is 2. The number of hydrogen-bond donors (Lipinski definition) is 1. The molecule has 0 aliphatic carbocycles. The Balaban J connectivity index is 1.98. The maximum absolute atomic E-state index is 13.0. The van der Waals surface area contributed by atoms with Gasteiger partial charge in [-0.1, -0.05) is 26.0 Å². The summed E-state index contributed by atoms with van der Waals surface area (Å²) in [4.78, 5) is 29.2. The van der Waals surface area contributed by atoms with Crippen LogP contribution in [-0.4, -0.2) is 63.2 Å². The van der Waals surface area contributed by atoms with Crippen LogP contribution >= 0.6 is 0 Å². The fourth-order valence-electron chi connectivity index (χ4n) is 3.90. The van der Waals surface area contributed by atoms with Gasteiger partial charge in [0.2, 0.25) is 11.7 Å². The van der Waals surface area contributed by atoms with Crippen molar-refractivity contribution in [1.29, 1.82) is 0 Å². The standard InChI is InChI=1S/C25H33N5O4/c1-15(2)23(29(3)4)26-17-11-9-10-16(12-17)14-30(5)25-27-18-13-19(32-6)21(33-7)22(34-8)20(18)24(31)28-25/h9-13,15H,14H2,1-8H3,(H,27,28,31)/b26-23-. The number of aromatic amines is 1. The molecular formula is C25H33N5O4. The van der Waals surface area contributed by atoms with Gasteiger partial charge in [0.1, 0.15) is 11.2 Å². The van der Waals surface area contributed by atoms with Gasteiger partial charge in [-0.3, -0.25) is 4.79 Å². The molecule has 9 nitrogen and oxygen atoms in total. The van der Waals surface area contributed by atoms with Crippen LogP contribution in [0.25, 0.3) is 10.9 Å². The number of nitrogens with zero attached hydrogens (tertiary/aromatic N) is 4. The average molecular weight is 468 g/mol. The summed E-state index contributed by atoms with van der Waals surface area (Å²) >= 11 is 0. The van der Waals surface area contributed by atoms with Crippen molar-refractivity contribution in [3.63, 3.8) is 0 Å². The van der Waals surface area contributed by atoms with E-state index in [2.05, 4.69) is 23.8 Å². The molecule has 3 rings (SSSR count). The van der Waals surface area contributed by atoms with Crippen LogP contribution in [0.4, 0.5) is 11.6 Å². The molecule has 0 radical (unpaired) electrons. The lowest BCUT2D eigenvalue weighted by atomic mass is 10.1. The van der Waals surface area contributed by atoms with E-state index in [9.17, 15) is 4.79 Å². The molecule has 0 atom stereocenters. The quantitative estimate of drug-likeness (QED) is 0.398. The molecule has 0 aliphatic rings. The number of hydrogen-bond acceptors (Lipinski definition) is 7. The summed E-state index contributed by atoms with van der Waals surface area (Å²) < 4.78 is 16.3. The van der Waals surface area contributed by atoms with E-state index < -0.39 is 5.56 Å². The molecule has 1 heterocycles. The molecule has 3 aromatic rings. The lowest BCUT2D eigenvalue weighted by molar-refractivity contribution is 0.327. The van der Waals surface area contributed by atoms with Gasteiger partial charge in [0.25, 0.3) is 5.56 Å². The van der Waals surface area contributed by atoms with Gasteiger partial charge in [0.05, 0.1) is 32.5 Å². The third-order valence-corrected chi connectivity index (χ3v) is 5.41. The van der Waals surface area contributed by atoms with E-state index >= 15 is 0 Å². The number of benzene rings is 2. The Kier molecular flexibility index (Phi) is 7.65. The first kappa shape index (κ1) is 24.9. The molecule has 0 aliphatic heterocycles. The van der Waals surface area contributed by atoms with Gasteiger partial charge >= 0.3 is 0 Å². The van der Waals surface area contributed by atoms with E-state index in [1.54, 1.807) is 6.07 Å². The SMILES string of the molecule is COc1cc2[nH]c(N(C)Cc3cccc(/N=C(/C(C)C)N(C)C)c3)nc(=O)c2c(OC)c1OC. The molecule has 1 aromatic heterocycles. The number of aliphatic imine (C=N–C) groups is 1. The normalized spacial score (nSPS) is 11.6. The first-order valence-corrected chi connectivity index (χ1v) is 11.0. The summed E-state index contributed by atoms with van der Waals surface area (Å²) in [5.74, 6) is 2.82. The number of anilines is 1. The van der Waals surface area contributed by atoms with Crippen molar-refractivity contribution in [2.45, 2.75) is 20.4 Å². The maximum Gasteiger partial charge on any atom is 0.286 e. The summed E-state index contributed by atoms with van der Waals surface area (Å²) in [5, 5.41) is 0.304. The summed E-state index contributed by atoms with van der Waals surface area (Å²) in [6.45, 7) is 4.77. The number of amidine groups is 1. The molecule has 34 heavy (non-hydrogen) atoms. The van der Waals surface area contributed by atoms with E-state index in [1.165, 1.54) is 21.3 Å². The molecule has 1 N–H and O–H groups in total. The Morgan fingerprint density at radius 2 is 1.76 bits per heavy atom. The zero-order valence-corrected chi connectivity index (χ0v) is 21.1. The molecule has 0 saturated heterocycles. The second kappa shape index (κ2) is 10.5. The van der Waals surface area contributed by atoms with E-state index in [4.69, 9.17) is 19.2 Å². The van der Waals surface area contributed by atoms with Crippen LogP contribution in [0.1, 0.15) is 19.4 Å². The van der Waals surface area contributed by atoms with Crippen molar-refractivity contribution in [2.24, 2.45) is 10.9 Å². The smallest absolute Gasteiger partial charge is 0.286 e. The molecule has 9 heteroatoms. The highest BCUT2D eigenvalue weighted by atomic mass is 16.5. The van der Waals surface area contributed by atoms with Crippen LogP contribution in [0.5, 0.6) is 17.2 Å². The lowest BCUT2D eigenvalue weighted by Crippen LogP contribution is -2.26. The predicted molar refractivity (Wildman–Crippen MR) is 136 cm³/mol. The zero-order valence-electron chi connectivity index (χ0n) is 21.1. The second-order valence-corrected chi connectivity index (χ2v) is 8.48. The minimum atomic E-state index is -0.417. The number of nitrogens with one attached hydrogen (secondary N) is 1. The second-order valence-electron chi connectivity index (χ2n) is 8.48. The van der Waals surface area contributed by atoms with Crippen molar-refractivity contribution in [3.05, 3.63) is 46.2 Å². The van der Waals surface area contributed by atoms with Crippen molar-refractivity contribution in [1.82, 2.24) is 14.9 Å². The van der Waals surface area contributed by atoms with Gasteiger partial charge in [-0.25, -0.2) is 4.99 Å². The van der Waals surface area contributed by atoms with Gasteiger partial charge in [-0.05, 0) is 17.7 Å². The molecule has 0 bridgehead atoms. The Bertz CT molecular complexity index is 1240. The monoisotopic (exact) mass is 467 g/mol. The van der Waals surface area contributed by atoms with Gasteiger partial charge in [-0.2, -0.15) is 4.98 Å². The molecule has 0 amide bonds. The van der Waals surface area contributed by atoms with Crippen molar-refractivity contribution in [3.8, 4) is 17.2 Å². The Morgan fingerprint density at radius 1 is 1.06 bits per heavy atom. The number of fused-ring (bicyclic) bond motifs is 1. The summed E-state index contributed by atoms with van der Waals surface area (Å²) in [6, 6.07) is 9.74. The van der Waals surface area contributed by atoms with Gasteiger partial charge in [0.15, 0.2) is 11.5 Å². The first-order valence-electron chi connectivity index (χ1n) is 11.0.